The van der Waals surface area contributed by atoms with Crippen molar-refractivity contribution in [2.75, 3.05) is 16.8 Å². The van der Waals surface area contributed by atoms with Crippen molar-refractivity contribution in [1.82, 2.24) is 9.55 Å². The van der Waals surface area contributed by atoms with E-state index in [4.69, 9.17) is 16.5 Å². The predicted molar refractivity (Wildman–Crippen MR) is 161 cm³/mol. The molecule has 0 bridgehead atoms. The number of nitrogens with one attached hydrogen (secondary N) is 1. The van der Waals surface area contributed by atoms with Gasteiger partial charge in [-0.2, -0.15) is 0 Å². The zero-order valence-corrected chi connectivity index (χ0v) is 22.8. The molecule has 0 saturated carbocycles. The van der Waals surface area contributed by atoms with Crippen LogP contribution in [0.2, 0.25) is 0 Å². The van der Waals surface area contributed by atoms with Crippen LogP contribution >= 0.6 is 0 Å². The molecule has 0 radical (unpaired) electrons. The molecule has 0 aliphatic carbocycles. The van der Waals surface area contributed by atoms with Crippen molar-refractivity contribution >= 4 is 40.0 Å². The summed E-state index contributed by atoms with van der Waals surface area (Å²) in [5, 5.41) is 4.96. The smallest absolute Gasteiger partial charge is 0.369 e. The normalized spacial score (nSPS) is 11.6. The Bertz CT molecular complexity index is 1720. The van der Waals surface area contributed by atoms with Gasteiger partial charge < -0.3 is 15.6 Å². The molecule has 0 spiro atoms. The molecular weight excluding hydrogens is 498 g/mol. The second-order valence-electron chi connectivity index (χ2n) is 9.69. The van der Waals surface area contributed by atoms with Crippen LogP contribution in [0.15, 0.2) is 96.2 Å². The Morgan fingerprint density at radius 3 is 2.42 bits per heavy atom. The number of fused-ring (bicyclic) bond motifs is 1. The van der Waals surface area contributed by atoms with Crippen LogP contribution in [0, 0.1) is 0 Å². The van der Waals surface area contributed by atoms with Gasteiger partial charge in [0, 0.05) is 29.4 Å². The largest absolute Gasteiger partial charge is 0.391 e. The van der Waals surface area contributed by atoms with Crippen molar-refractivity contribution in [2.45, 2.75) is 39.8 Å². The Morgan fingerprint density at radius 1 is 0.950 bits per heavy atom. The maximum absolute atomic E-state index is 12.9. The van der Waals surface area contributed by atoms with E-state index < -0.39 is 0 Å². The first-order chi connectivity index (χ1) is 19.5. The Hall–Kier alpha value is -4.98. The zero-order chi connectivity index (χ0) is 28.1. The van der Waals surface area contributed by atoms with Crippen molar-refractivity contribution in [3.63, 3.8) is 0 Å². The molecule has 40 heavy (non-hydrogen) atoms. The van der Waals surface area contributed by atoms with Crippen LogP contribution in [-0.2, 0) is 13.1 Å². The van der Waals surface area contributed by atoms with Crippen molar-refractivity contribution in [1.29, 1.82) is 0 Å². The molecular formula is C32H34N7O+. The number of benzene rings is 3. The fourth-order valence-electron chi connectivity index (χ4n) is 4.75. The number of hydrogen-bond donors (Lipinski definition) is 3. The molecule has 202 valence electrons. The average Bonchev–Trinajstić information content (AvgIpc) is 2.97. The van der Waals surface area contributed by atoms with Crippen molar-refractivity contribution in [3.8, 4) is 11.1 Å². The standard InChI is InChI=1S/C32H33N7O/c1-3-18-38-20-17-28(26-7-5-6-8-29(26)38)35-24-15-11-23(12-16-24)31(40)36-25-13-9-22(10-14-25)27-21-39(19-4-2)32(34)37-30(27)33/h5-17,20-21H,3-4,18-19H2,1-2H3,(H4,33,34,36,37,40)/p+1. The molecule has 5 aromatic rings. The lowest BCUT2D eigenvalue weighted by Gasteiger charge is -2.10. The second-order valence-corrected chi connectivity index (χ2v) is 9.69. The minimum Gasteiger partial charge on any atom is -0.369 e. The third kappa shape index (κ3) is 5.71. The van der Waals surface area contributed by atoms with Gasteiger partial charge in [0.25, 0.3) is 5.91 Å². The summed E-state index contributed by atoms with van der Waals surface area (Å²) >= 11 is 0. The van der Waals surface area contributed by atoms with Gasteiger partial charge in [-0.15, -0.1) is 0 Å². The van der Waals surface area contributed by atoms with Crippen molar-refractivity contribution < 1.29 is 9.36 Å². The van der Waals surface area contributed by atoms with Gasteiger partial charge in [-0.05, 0) is 66.9 Å². The summed E-state index contributed by atoms with van der Waals surface area (Å²) in [7, 11) is 0. The van der Waals surface area contributed by atoms with Crippen molar-refractivity contribution in [3.05, 3.63) is 102 Å². The molecule has 2 aromatic heterocycles. The molecule has 5 N–H and O–H groups in total. The van der Waals surface area contributed by atoms with E-state index in [1.54, 1.807) is 12.1 Å². The van der Waals surface area contributed by atoms with Crippen LogP contribution in [0.3, 0.4) is 0 Å². The van der Waals surface area contributed by atoms with Crippen LogP contribution in [0.4, 0.5) is 23.1 Å². The lowest BCUT2D eigenvalue weighted by Crippen LogP contribution is -2.38. The molecule has 0 atom stereocenters. The first-order valence-corrected chi connectivity index (χ1v) is 13.6. The molecule has 8 nitrogen and oxygen atoms in total. The molecule has 1 amide bonds. The number of pyridine rings is 1. The van der Waals surface area contributed by atoms with Crippen molar-refractivity contribution in [2.24, 2.45) is 4.99 Å². The predicted octanol–water partition coefficient (Wildman–Crippen LogP) is 5.46. The van der Waals surface area contributed by atoms with E-state index in [1.807, 2.05) is 65.4 Å². The molecule has 0 fully saturated rings. The number of amides is 1. The van der Waals surface area contributed by atoms with E-state index in [0.717, 1.165) is 59.0 Å². The van der Waals surface area contributed by atoms with E-state index in [0.29, 0.717) is 23.0 Å². The number of aryl methyl sites for hydroxylation is 2. The second kappa shape index (κ2) is 11.8. The zero-order valence-electron chi connectivity index (χ0n) is 22.8. The third-order valence-electron chi connectivity index (χ3n) is 6.75. The first-order valence-electron chi connectivity index (χ1n) is 13.6. The highest BCUT2D eigenvalue weighted by atomic mass is 16.1. The Balaban J connectivity index is 1.32. The summed E-state index contributed by atoms with van der Waals surface area (Å²) in [6.45, 7) is 5.96. The van der Waals surface area contributed by atoms with Gasteiger partial charge in [0.2, 0.25) is 5.82 Å². The molecule has 0 aliphatic rings. The van der Waals surface area contributed by atoms with Gasteiger partial charge in [-0.3, -0.25) is 10.5 Å². The van der Waals surface area contributed by atoms with Gasteiger partial charge in [-0.1, -0.05) is 49.2 Å². The Kier molecular flexibility index (Phi) is 7.87. The van der Waals surface area contributed by atoms with Crippen LogP contribution in [0.25, 0.3) is 22.0 Å². The first kappa shape index (κ1) is 26.6. The number of nitrogens with zero attached hydrogens (tertiary/aromatic N) is 4. The maximum Gasteiger partial charge on any atom is 0.391 e. The van der Waals surface area contributed by atoms with Crippen LogP contribution in [-0.4, -0.2) is 15.5 Å². The van der Waals surface area contributed by atoms with Gasteiger partial charge in [0.1, 0.15) is 0 Å². The Morgan fingerprint density at radius 2 is 1.70 bits per heavy atom. The summed E-state index contributed by atoms with van der Waals surface area (Å²) in [4.78, 5) is 22.1. The molecule has 2 heterocycles. The van der Waals surface area contributed by atoms with E-state index in [-0.39, 0.29) is 5.91 Å². The fourth-order valence-corrected chi connectivity index (χ4v) is 4.75. The molecule has 3 aromatic carbocycles. The number of carbonyl (C=O) groups is 1. The summed E-state index contributed by atoms with van der Waals surface area (Å²) in [6, 6.07) is 25.2. The highest BCUT2D eigenvalue weighted by Gasteiger charge is 2.15. The number of nitrogens with two attached hydrogens (primary N) is 2. The van der Waals surface area contributed by atoms with E-state index >= 15 is 0 Å². The maximum atomic E-state index is 12.9. The number of hydrogen-bond acceptors (Lipinski definition) is 5. The molecule has 5 rings (SSSR count). The minimum atomic E-state index is -0.195. The topological polar surface area (TPSA) is 115 Å². The number of rotatable bonds is 8. The van der Waals surface area contributed by atoms with Gasteiger partial charge in [0.15, 0.2) is 0 Å². The number of nitrogen functional groups attached to an aromatic ring is 2. The highest BCUT2D eigenvalue weighted by molar-refractivity contribution is 6.04. The summed E-state index contributed by atoms with van der Waals surface area (Å²) in [5.41, 5.74) is 17.0. The molecule has 0 saturated heterocycles. The quantitative estimate of drug-likeness (QED) is 0.230. The van der Waals surface area contributed by atoms with Crippen LogP contribution in [0.1, 0.15) is 37.0 Å². The van der Waals surface area contributed by atoms with Crippen LogP contribution in [0.5, 0.6) is 0 Å². The van der Waals surface area contributed by atoms with Gasteiger partial charge in [0.05, 0.1) is 34.9 Å². The lowest BCUT2D eigenvalue weighted by atomic mass is 10.1. The lowest BCUT2D eigenvalue weighted by molar-refractivity contribution is -0.684. The number of aromatic nitrogens is 3. The SMILES string of the molecule is CCCn1ccc(=Nc2ccc(C(=O)Nc3ccc(-c4c[n+](CCC)c(N)nc4N)cc3)cc2)c2ccccc21. The minimum absolute atomic E-state index is 0.195. The monoisotopic (exact) mass is 532 g/mol. The highest BCUT2D eigenvalue weighted by Crippen LogP contribution is 2.25. The van der Waals surface area contributed by atoms with E-state index in [9.17, 15) is 4.79 Å². The number of para-hydroxylation sites is 1. The summed E-state index contributed by atoms with van der Waals surface area (Å²) in [5.74, 6) is 0.568. The molecule has 0 unspecified atom stereocenters. The van der Waals surface area contributed by atoms with Gasteiger partial charge in [-0.25, -0.2) is 9.56 Å². The van der Waals surface area contributed by atoms with E-state index in [1.165, 1.54) is 0 Å². The number of carbonyl (C=O) groups excluding carboxylic acids is 1. The Labute approximate surface area is 233 Å². The molecule has 8 heteroatoms. The van der Waals surface area contributed by atoms with Crippen LogP contribution < -0.4 is 26.7 Å². The number of anilines is 3. The van der Waals surface area contributed by atoms with E-state index in [2.05, 4.69) is 47.0 Å². The molecule has 0 aliphatic heterocycles. The average molecular weight is 533 g/mol. The third-order valence-corrected chi connectivity index (χ3v) is 6.75. The van der Waals surface area contributed by atoms with Gasteiger partial charge >= 0.3 is 5.95 Å². The summed E-state index contributed by atoms with van der Waals surface area (Å²) in [6.07, 6.45) is 6.00. The summed E-state index contributed by atoms with van der Waals surface area (Å²) < 4.78 is 4.14. The fraction of sp³-hybridized carbons (Fsp3) is 0.188.